The van der Waals surface area contributed by atoms with Crippen LogP contribution in [-0.2, 0) is 17.6 Å². The van der Waals surface area contributed by atoms with E-state index < -0.39 is 6.03 Å². The highest BCUT2D eigenvalue weighted by Crippen LogP contribution is 2.46. The number of amides is 3. The molecule has 2 saturated heterocycles. The minimum Gasteiger partial charge on any atom is -0.351 e. The number of hydrogen-bond acceptors (Lipinski definition) is 3. The summed E-state index contributed by atoms with van der Waals surface area (Å²) >= 11 is 16.8. The number of aromatic nitrogens is 1. The van der Waals surface area contributed by atoms with E-state index in [1.54, 1.807) is 4.90 Å². The van der Waals surface area contributed by atoms with E-state index >= 15 is 0 Å². The molecule has 2 fully saturated rings. The molecule has 2 N–H and O–H groups in total. The molecule has 2 aromatic rings. The van der Waals surface area contributed by atoms with Gasteiger partial charge in [-0.05, 0) is 94.8 Å². The molecule has 1 aromatic heterocycles. The van der Waals surface area contributed by atoms with Gasteiger partial charge < -0.3 is 15.5 Å². The fraction of sp³-hybridized carbons (Fsp3) is 0.500. The Morgan fingerprint density at radius 3 is 2.46 bits per heavy atom. The molecule has 1 unspecified atom stereocenters. The monoisotopic (exact) mass is 578 g/mol. The number of hydrogen-bond donors (Lipinski definition) is 1. The molecule has 6 nitrogen and oxygen atoms in total. The molecule has 0 radical (unpaired) electrons. The molecule has 0 saturated carbocycles. The van der Waals surface area contributed by atoms with Gasteiger partial charge in [-0.3, -0.25) is 9.78 Å². The molecular formula is C26H29BrCl2N4O2. The molecule has 9 heteroatoms. The van der Waals surface area contributed by atoms with E-state index in [2.05, 4.69) is 22.0 Å². The fourth-order valence-electron chi connectivity index (χ4n) is 6.09. The lowest BCUT2D eigenvalue weighted by atomic mass is 9.76. The lowest BCUT2D eigenvalue weighted by Gasteiger charge is -2.37. The number of urea groups is 1. The molecule has 186 valence electrons. The molecule has 35 heavy (non-hydrogen) atoms. The lowest BCUT2D eigenvalue weighted by Crippen LogP contribution is -2.41. The Labute approximate surface area is 224 Å². The highest BCUT2D eigenvalue weighted by Gasteiger charge is 2.37. The zero-order valence-corrected chi connectivity index (χ0v) is 22.6. The third-order valence-corrected chi connectivity index (χ3v) is 8.81. The van der Waals surface area contributed by atoms with E-state index in [9.17, 15) is 9.59 Å². The van der Waals surface area contributed by atoms with Crippen molar-refractivity contribution < 1.29 is 9.59 Å². The summed E-state index contributed by atoms with van der Waals surface area (Å²) in [4.78, 5) is 32.9. The molecule has 0 bridgehead atoms. The standard InChI is InChI=1S/C26H29BrCl2N4O2/c27-19-10-18-2-1-17-11-20(28)12-21(29)23(17)24(25(18)31-13-19)16-4-7-32(8-5-16)22(34)9-15-3-6-33(14-15)26(30)35/h10-13,15-16,24H,1-9,14H2,(H2,30,35)/t15-,24?/m0/s1. The van der Waals surface area contributed by atoms with Crippen molar-refractivity contribution in [3.8, 4) is 0 Å². The third kappa shape index (κ3) is 5.18. The Hall–Kier alpha value is -1.83. The number of nitrogens with zero attached hydrogens (tertiary/aromatic N) is 3. The number of halogens is 3. The van der Waals surface area contributed by atoms with Crippen molar-refractivity contribution in [2.24, 2.45) is 17.6 Å². The molecule has 2 atom stereocenters. The highest BCUT2D eigenvalue weighted by atomic mass is 79.9. The van der Waals surface area contributed by atoms with Gasteiger partial charge in [0.05, 0.1) is 5.69 Å². The smallest absolute Gasteiger partial charge is 0.314 e. The van der Waals surface area contributed by atoms with Gasteiger partial charge in [-0.2, -0.15) is 0 Å². The SMILES string of the molecule is NC(=O)N1CC[C@@H](CC(=O)N2CCC(C3c4ncc(Br)cc4CCc4cc(Cl)cc(Cl)c43)CC2)C1. The first-order valence-corrected chi connectivity index (χ1v) is 13.8. The zero-order valence-electron chi connectivity index (χ0n) is 19.5. The van der Waals surface area contributed by atoms with E-state index in [0.29, 0.717) is 35.5 Å². The second kappa shape index (κ2) is 10.3. The molecule has 3 amide bonds. The number of carbonyl (C=O) groups excluding carboxylic acids is 2. The Kier molecular flexibility index (Phi) is 7.29. The van der Waals surface area contributed by atoms with Crippen LogP contribution in [0.15, 0.2) is 28.9 Å². The van der Waals surface area contributed by atoms with Crippen molar-refractivity contribution in [2.45, 2.75) is 44.4 Å². The lowest BCUT2D eigenvalue weighted by molar-refractivity contribution is -0.133. The molecule has 3 aliphatic rings. The van der Waals surface area contributed by atoms with Gasteiger partial charge in [0.25, 0.3) is 0 Å². The van der Waals surface area contributed by atoms with E-state index in [0.717, 1.165) is 60.9 Å². The first-order chi connectivity index (χ1) is 16.8. The maximum absolute atomic E-state index is 13.0. The predicted molar refractivity (Wildman–Crippen MR) is 141 cm³/mol. The second-order valence-corrected chi connectivity index (χ2v) is 11.8. The number of likely N-dealkylation sites (tertiary alicyclic amines) is 2. The molecule has 5 rings (SSSR count). The Balaban J connectivity index is 1.34. The van der Waals surface area contributed by atoms with E-state index in [1.807, 2.05) is 23.2 Å². The molecule has 0 spiro atoms. The quantitative estimate of drug-likeness (QED) is 0.528. The number of aryl methyl sites for hydroxylation is 2. The summed E-state index contributed by atoms with van der Waals surface area (Å²) in [5.41, 5.74) is 10.1. The fourth-order valence-corrected chi connectivity index (χ4v) is 7.12. The van der Waals surface area contributed by atoms with E-state index in [-0.39, 0.29) is 17.7 Å². The summed E-state index contributed by atoms with van der Waals surface area (Å²) in [6.45, 7) is 2.66. The van der Waals surface area contributed by atoms with Gasteiger partial charge in [-0.15, -0.1) is 0 Å². The largest absolute Gasteiger partial charge is 0.351 e. The second-order valence-electron chi connectivity index (χ2n) is 10.00. The number of primary amides is 1. The van der Waals surface area contributed by atoms with Crippen LogP contribution in [-0.4, -0.2) is 52.9 Å². The van der Waals surface area contributed by atoms with Crippen molar-refractivity contribution in [3.05, 3.63) is 61.3 Å². The van der Waals surface area contributed by atoms with Crippen LogP contribution < -0.4 is 5.73 Å². The van der Waals surface area contributed by atoms with Crippen LogP contribution >= 0.6 is 39.1 Å². The average molecular weight is 580 g/mol. The van der Waals surface area contributed by atoms with Crippen LogP contribution in [0, 0.1) is 11.8 Å². The molecule has 1 aliphatic carbocycles. The van der Waals surface area contributed by atoms with Crippen molar-refractivity contribution in [2.75, 3.05) is 26.2 Å². The summed E-state index contributed by atoms with van der Waals surface area (Å²) in [5.74, 6) is 0.781. The number of rotatable bonds is 3. The van der Waals surface area contributed by atoms with Gasteiger partial charge in [-0.25, -0.2) is 4.79 Å². The summed E-state index contributed by atoms with van der Waals surface area (Å²) in [6.07, 6.45) is 6.73. The van der Waals surface area contributed by atoms with E-state index in [1.165, 1.54) is 11.1 Å². The van der Waals surface area contributed by atoms with Crippen LogP contribution in [0.3, 0.4) is 0 Å². The number of piperidine rings is 1. The van der Waals surface area contributed by atoms with Crippen LogP contribution in [0.1, 0.15) is 54.0 Å². The molecule has 3 heterocycles. The highest BCUT2D eigenvalue weighted by molar-refractivity contribution is 9.10. The molecule has 2 aliphatic heterocycles. The van der Waals surface area contributed by atoms with Crippen molar-refractivity contribution >= 4 is 51.1 Å². The van der Waals surface area contributed by atoms with Gasteiger partial charge in [0.2, 0.25) is 5.91 Å². The van der Waals surface area contributed by atoms with E-state index in [4.69, 9.17) is 33.9 Å². The minimum atomic E-state index is -0.398. The van der Waals surface area contributed by atoms with Crippen LogP contribution in [0.5, 0.6) is 0 Å². The minimum absolute atomic E-state index is 0.0802. The first kappa shape index (κ1) is 24.8. The van der Waals surface area contributed by atoms with Crippen molar-refractivity contribution in [3.63, 3.8) is 0 Å². The maximum atomic E-state index is 13.0. The van der Waals surface area contributed by atoms with Gasteiger partial charge in [0.1, 0.15) is 0 Å². The summed E-state index contributed by atoms with van der Waals surface area (Å²) in [6, 6.07) is 5.66. The summed E-state index contributed by atoms with van der Waals surface area (Å²) in [7, 11) is 0. The van der Waals surface area contributed by atoms with Gasteiger partial charge in [0.15, 0.2) is 0 Å². The third-order valence-electron chi connectivity index (χ3n) is 7.84. The van der Waals surface area contributed by atoms with Crippen molar-refractivity contribution in [1.29, 1.82) is 0 Å². The Bertz CT molecular complexity index is 1150. The van der Waals surface area contributed by atoms with Crippen LogP contribution in [0.25, 0.3) is 0 Å². The number of benzene rings is 1. The number of pyridine rings is 1. The Morgan fingerprint density at radius 1 is 1.03 bits per heavy atom. The van der Waals surface area contributed by atoms with Gasteiger partial charge >= 0.3 is 6.03 Å². The zero-order chi connectivity index (χ0) is 24.7. The average Bonchev–Trinajstić information content (AvgIpc) is 3.23. The van der Waals surface area contributed by atoms with Gasteiger partial charge in [0, 0.05) is 59.2 Å². The predicted octanol–water partition coefficient (Wildman–Crippen LogP) is 5.41. The molecular weight excluding hydrogens is 551 g/mol. The van der Waals surface area contributed by atoms with Gasteiger partial charge in [-0.1, -0.05) is 23.2 Å². The number of carbonyl (C=O) groups is 2. The first-order valence-electron chi connectivity index (χ1n) is 12.2. The topological polar surface area (TPSA) is 79.5 Å². The van der Waals surface area contributed by atoms with Crippen molar-refractivity contribution in [1.82, 2.24) is 14.8 Å². The number of fused-ring (bicyclic) bond motifs is 2. The van der Waals surface area contributed by atoms with Crippen LogP contribution in [0.4, 0.5) is 4.79 Å². The number of nitrogens with two attached hydrogens (primary N) is 1. The molecule has 1 aromatic carbocycles. The maximum Gasteiger partial charge on any atom is 0.314 e. The summed E-state index contributed by atoms with van der Waals surface area (Å²) in [5, 5.41) is 1.36. The normalized spacial score (nSPS) is 22.5. The summed E-state index contributed by atoms with van der Waals surface area (Å²) < 4.78 is 0.979. The van der Waals surface area contributed by atoms with Crippen LogP contribution in [0.2, 0.25) is 10.0 Å². The Morgan fingerprint density at radius 2 is 1.74 bits per heavy atom.